The number of amides is 3. The Kier molecular flexibility index (Phi) is 11.9. The molecule has 0 heterocycles. The third kappa shape index (κ3) is 9.83. The molecule has 4 aromatic carbocycles. The molecule has 4 aromatic rings. The van der Waals surface area contributed by atoms with Crippen LogP contribution >= 0.6 is 0 Å². The van der Waals surface area contributed by atoms with Crippen LogP contribution in [0.4, 0.5) is 10.5 Å². The molecule has 4 rings (SSSR count). The van der Waals surface area contributed by atoms with Gasteiger partial charge in [-0.3, -0.25) is 9.59 Å². The quantitative estimate of drug-likeness (QED) is 0.143. The average Bonchev–Trinajstić information content (AvgIpc) is 3.02. The maximum absolute atomic E-state index is 15.0. The molecule has 0 saturated carbocycles. The van der Waals surface area contributed by atoms with Gasteiger partial charge >= 0.3 is 6.09 Å². The van der Waals surface area contributed by atoms with Gasteiger partial charge in [0.25, 0.3) is 5.91 Å². The number of aryl methyl sites for hydroxylation is 1. The summed E-state index contributed by atoms with van der Waals surface area (Å²) in [6.07, 6.45) is 0.869. The Morgan fingerprint density at radius 3 is 2.12 bits per heavy atom. The van der Waals surface area contributed by atoms with Crippen molar-refractivity contribution >= 4 is 34.4 Å². The molecule has 0 bridgehead atoms. The van der Waals surface area contributed by atoms with Gasteiger partial charge in [-0.25, -0.2) is 4.79 Å². The van der Waals surface area contributed by atoms with E-state index in [0.717, 1.165) is 28.3 Å². The number of carbonyl (C=O) groups is 3. The first-order chi connectivity index (χ1) is 22.7. The molecule has 0 fully saturated rings. The van der Waals surface area contributed by atoms with Crippen molar-refractivity contribution in [2.45, 2.75) is 91.5 Å². The Bertz CT molecular complexity index is 1710. The lowest BCUT2D eigenvalue weighted by Crippen LogP contribution is -2.55. The van der Waals surface area contributed by atoms with Crippen LogP contribution in [0.15, 0.2) is 91.0 Å². The fourth-order valence-corrected chi connectivity index (χ4v) is 5.80. The number of phenols is 1. The molecule has 254 valence electrons. The van der Waals surface area contributed by atoms with E-state index in [-0.39, 0.29) is 24.1 Å². The number of benzene rings is 4. The number of phenolic OH excluding ortho intramolecular Hbond substituents is 1. The van der Waals surface area contributed by atoms with Crippen molar-refractivity contribution < 1.29 is 24.2 Å². The van der Waals surface area contributed by atoms with Crippen LogP contribution in [0.5, 0.6) is 5.75 Å². The van der Waals surface area contributed by atoms with E-state index < -0.39 is 29.7 Å². The Morgan fingerprint density at radius 2 is 1.48 bits per heavy atom. The summed E-state index contributed by atoms with van der Waals surface area (Å²) in [5.41, 5.74) is 2.11. The van der Waals surface area contributed by atoms with Crippen LogP contribution in [0.3, 0.4) is 0 Å². The van der Waals surface area contributed by atoms with E-state index in [1.165, 1.54) is 0 Å². The monoisotopic (exact) mass is 651 g/mol. The van der Waals surface area contributed by atoms with Gasteiger partial charge in [0.1, 0.15) is 23.4 Å². The van der Waals surface area contributed by atoms with Gasteiger partial charge in [-0.2, -0.15) is 0 Å². The standard InChI is InChI=1S/C40H49N3O5/c1-26(2)16-17-28(4)43(38(46)35(42-39(47)48-40(5,6)7)24-29-18-22-33(44)23-19-29)36(34-15-11-8-12-27(34)3)37(45)41-32-21-20-30-13-9-10-14-31(30)25-32/h8-15,18-23,25-26,28,35-36,44H,16-17,24H2,1-7H3,(H,41,45)(H,42,47). The SMILES string of the molecule is Cc1ccccc1C(C(=O)Nc1ccc2ccccc2c1)N(C(=O)C(Cc1ccc(O)cc1)NC(=O)OC(C)(C)C)C(C)CCC(C)C. The van der Waals surface area contributed by atoms with E-state index in [9.17, 15) is 19.5 Å². The number of aromatic hydroxyl groups is 1. The molecule has 8 heteroatoms. The molecule has 48 heavy (non-hydrogen) atoms. The molecular formula is C40H49N3O5. The molecule has 0 radical (unpaired) electrons. The van der Waals surface area contributed by atoms with Crippen LogP contribution in [-0.2, 0) is 20.7 Å². The molecule has 3 unspecified atom stereocenters. The first-order valence-electron chi connectivity index (χ1n) is 16.7. The number of nitrogens with zero attached hydrogens (tertiary/aromatic N) is 1. The second kappa shape index (κ2) is 15.8. The molecule has 3 N–H and O–H groups in total. The fourth-order valence-electron chi connectivity index (χ4n) is 5.80. The lowest BCUT2D eigenvalue weighted by molar-refractivity contribution is -0.143. The van der Waals surface area contributed by atoms with Crippen LogP contribution < -0.4 is 10.6 Å². The maximum atomic E-state index is 15.0. The summed E-state index contributed by atoms with van der Waals surface area (Å²) in [5.74, 6) is -0.298. The van der Waals surface area contributed by atoms with E-state index in [1.54, 1.807) is 49.9 Å². The third-order valence-corrected chi connectivity index (χ3v) is 8.28. The van der Waals surface area contributed by atoms with Crippen LogP contribution in [0.2, 0.25) is 0 Å². The first kappa shape index (κ1) is 36.0. The molecule has 0 aliphatic carbocycles. The van der Waals surface area contributed by atoms with Gasteiger partial charge in [0.15, 0.2) is 0 Å². The lowest BCUT2D eigenvalue weighted by Gasteiger charge is -2.39. The molecule has 0 aliphatic rings. The summed E-state index contributed by atoms with van der Waals surface area (Å²) in [5, 5.41) is 17.9. The molecule has 3 amide bonds. The summed E-state index contributed by atoms with van der Waals surface area (Å²) in [6, 6.07) is 25.3. The predicted octanol–water partition coefficient (Wildman–Crippen LogP) is 8.32. The number of carbonyl (C=O) groups excluding carboxylic acids is 3. The number of anilines is 1. The van der Waals surface area contributed by atoms with Gasteiger partial charge in [0.05, 0.1) is 0 Å². The lowest BCUT2D eigenvalue weighted by atomic mass is 9.93. The normalized spacial score (nSPS) is 13.4. The molecule has 3 atom stereocenters. The van der Waals surface area contributed by atoms with Crippen molar-refractivity contribution in [1.29, 1.82) is 0 Å². The zero-order valence-electron chi connectivity index (χ0n) is 29.1. The Morgan fingerprint density at radius 1 is 0.833 bits per heavy atom. The molecule has 0 aromatic heterocycles. The van der Waals surface area contributed by atoms with Crippen LogP contribution in [-0.4, -0.2) is 45.6 Å². The second-order valence-corrected chi connectivity index (χ2v) is 13.9. The largest absolute Gasteiger partial charge is 0.508 e. The highest BCUT2D eigenvalue weighted by Gasteiger charge is 2.39. The molecule has 0 aliphatic heterocycles. The third-order valence-electron chi connectivity index (χ3n) is 8.28. The van der Waals surface area contributed by atoms with Gasteiger partial charge in [-0.15, -0.1) is 0 Å². The van der Waals surface area contributed by atoms with Gasteiger partial charge in [0, 0.05) is 18.2 Å². The van der Waals surface area contributed by atoms with E-state index >= 15 is 0 Å². The number of rotatable bonds is 12. The summed E-state index contributed by atoms with van der Waals surface area (Å²) in [7, 11) is 0. The number of hydrogen-bond donors (Lipinski definition) is 3. The van der Waals surface area contributed by atoms with Gasteiger partial charge in [-0.1, -0.05) is 80.6 Å². The van der Waals surface area contributed by atoms with Crippen molar-refractivity contribution in [3.05, 3.63) is 108 Å². The van der Waals surface area contributed by atoms with Crippen molar-refractivity contribution in [3.8, 4) is 5.75 Å². The predicted molar refractivity (Wildman–Crippen MR) is 192 cm³/mol. The number of nitrogens with one attached hydrogen (secondary N) is 2. The number of fused-ring (bicyclic) bond motifs is 1. The van der Waals surface area contributed by atoms with Gasteiger partial charge in [-0.05, 0) is 105 Å². The van der Waals surface area contributed by atoms with Crippen LogP contribution in [0.25, 0.3) is 10.8 Å². The van der Waals surface area contributed by atoms with Crippen molar-refractivity contribution in [1.82, 2.24) is 10.2 Å². The number of alkyl carbamates (subject to hydrolysis) is 1. The van der Waals surface area contributed by atoms with Crippen LogP contribution in [0.1, 0.15) is 77.1 Å². The summed E-state index contributed by atoms with van der Waals surface area (Å²) in [4.78, 5) is 44.4. The minimum absolute atomic E-state index is 0.0932. The highest BCUT2D eigenvalue weighted by Crippen LogP contribution is 2.31. The average molecular weight is 652 g/mol. The minimum atomic E-state index is -1.06. The topological polar surface area (TPSA) is 108 Å². The summed E-state index contributed by atoms with van der Waals surface area (Å²) in [6.45, 7) is 13.4. The van der Waals surface area contributed by atoms with Crippen molar-refractivity contribution in [3.63, 3.8) is 0 Å². The van der Waals surface area contributed by atoms with E-state index in [4.69, 9.17) is 4.74 Å². The Labute approximate surface area is 284 Å². The smallest absolute Gasteiger partial charge is 0.408 e. The van der Waals surface area contributed by atoms with Gasteiger partial charge in [0.2, 0.25) is 5.91 Å². The van der Waals surface area contributed by atoms with E-state index in [0.29, 0.717) is 23.6 Å². The van der Waals surface area contributed by atoms with Crippen LogP contribution in [0, 0.1) is 12.8 Å². The Balaban J connectivity index is 1.81. The zero-order chi connectivity index (χ0) is 35.0. The second-order valence-electron chi connectivity index (χ2n) is 13.9. The zero-order valence-corrected chi connectivity index (χ0v) is 29.1. The number of ether oxygens (including phenoxy) is 1. The summed E-state index contributed by atoms with van der Waals surface area (Å²) < 4.78 is 5.58. The number of hydrogen-bond acceptors (Lipinski definition) is 5. The molecule has 8 nitrogen and oxygen atoms in total. The Hall–Kier alpha value is -4.85. The highest BCUT2D eigenvalue weighted by molar-refractivity contribution is 6.00. The first-order valence-corrected chi connectivity index (χ1v) is 16.7. The van der Waals surface area contributed by atoms with Crippen molar-refractivity contribution in [2.24, 2.45) is 5.92 Å². The highest BCUT2D eigenvalue weighted by atomic mass is 16.6. The minimum Gasteiger partial charge on any atom is -0.508 e. The summed E-state index contributed by atoms with van der Waals surface area (Å²) >= 11 is 0. The van der Waals surface area contributed by atoms with Crippen molar-refractivity contribution in [2.75, 3.05) is 5.32 Å². The van der Waals surface area contributed by atoms with E-state index in [2.05, 4.69) is 24.5 Å². The molecule has 0 spiro atoms. The van der Waals surface area contributed by atoms with Gasteiger partial charge < -0.3 is 25.4 Å². The van der Waals surface area contributed by atoms with E-state index in [1.807, 2.05) is 80.6 Å². The fraction of sp³-hybridized carbons (Fsp3) is 0.375. The molecular weight excluding hydrogens is 602 g/mol. The molecule has 0 saturated heterocycles. The maximum Gasteiger partial charge on any atom is 0.408 e.